The first-order chi connectivity index (χ1) is 10.2. The van der Waals surface area contributed by atoms with Gasteiger partial charge in [0.1, 0.15) is 0 Å². The molecule has 2 saturated heterocycles. The number of hydrogen-bond donors (Lipinski definition) is 2. The maximum Gasteiger partial charge on any atom is 0.0884 e. The first kappa shape index (κ1) is 13.3. The monoisotopic (exact) mass is 283 g/mol. The fourth-order valence-electron chi connectivity index (χ4n) is 4.16. The number of aliphatic hydroxyl groups is 1. The Labute approximate surface area is 124 Å². The SMILES string of the molecule is NCC1(C(O)c2ccc3ccccc3c2)CC2CCC1O2. The number of fused-ring (bicyclic) bond motifs is 3. The molecule has 4 unspecified atom stereocenters. The van der Waals surface area contributed by atoms with E-state index in [1.807, 2.05) is 18.2 Å². The van der Waals surface area contributed by atoms with Crippen molar-refractivity contribution < 1.29 is 9.84 Å². The van der Waals surface area contributed by atoms with E-state index in [0.29, 0.717) is 6.54 Å². The number of hydrogen-bond acceptors (Lipinski definition) is 3. The van der Waals surface area contributed by atoms with Crippen LogP contribution in [0.1, 0.15) is 30.9 Å². The first-order valence-corrected chi connectivity index (χ1v) is 7.75. The minimum absolute atomic E-state index is 0.106. The molecule has 0 amide bonds. The smallest absolute Gasteiger partial charge is 0.0884 e. The van der Waals surface area contributed by atoms with E-state index in [9.17, 15) is 5.11 Å². The summed E-state index contributed by atoms with van der Waals surface area (Å²) in [5, 5.41) is 13.3. The molecule has 3 heteroatoms. The van der Waals surface area contributed by atoms with Crippen LogP contribution in [0.3, 0.4) is 0 Å². The number of aliphatic hydroxyl groups excluding tert-OH is 1. The molecular formula is C18H21NO2. The number of rotatable bonds is 3. The van der Waals surface area contributed by atoms with Gasteiger partial charge in [-0.05, 0) is 41.7 Å². The van der Waals surface area contributed by atoms with Crippen molar-refractivity contribution in [2.45, 2.75) is 37.6 Å². The summed E-state index contributed by atoms with van der Waals surface area (Å²) in [5.41, 5.74) is 6.71. The van der Waals surface area contributed by atoms with Crippen LogP contribution in [0, 0.1) is 5.41 Å². The van der Waals surface area contributed by atoms with Gasteiger partial charge in [-0.1, -0.05) is 36.4 Å². The van der Waals surface area contributed by atoms with E-state index in [1.54, 1.807) is 0 Å². The molecule has 21 heavy (non-hydrogen) atoms. The Morgan fingerprint density at radius 3 is 2.67 bits per heavy atom. The first-order valence-electron chi connectivity index (χ1n) is 7.75. The van der Waals surface area contributed by atoms with Gasteiger partial charge in [-0.25, -0.2) is 0 Å². The summed E-state index contributed by atoms with van der Waals surface area (Å²) in [4.78, 5) is 0. The van der Waals surface area contributed by atoms with E-state index < -0.39 is 6.10 Å². The standard InChI is InChI=1S/C18H21NO2/c19-11-18(10-15-7-8-16(18)21-15)17(20)14-6-5-12-3-1-2-4-13(12)9-14/h1-6,9,15-17,20H,7-8,10-11,19H2. The fraction of sp³-hybridized carbons (Fsp3) is 0.444. The van der Waals surface area contributed by atoms with Crippen LogP contribution in [0.2, 0.25) is 0 Å². The third-order valence-corrected chi connectivity index (χ3v) is 5.37. The molecule has 2 aliphatic rings. The van der Waals surface area contributed by atoms with Crippen LogP contribution in [0.4, 0.5) is 0 Å². The van der Waals surface area contributed by atoms with Crippen molar-refractivity contribution in [3.63, 3.8) is 0 Å². The van der Waals surface area contributed by atoms with Crippen molar-refractivity contribution in [3.8, 4) is 0 Å². The molecule has 2 fully saturated rings. The molecule has 2 aromatic carbocycles. The van der Waals surface area contributed by atoms with Gasteiger partial charge < -0.3 is 15.6 Å². The number of nitrogens with two attached hydrogens (primary N) is 1. The summed E-state index contributed by atoms with van der Waals surface area (Å²) < 4.78 is 5.97. The van der Waals surface area contributed by atoms with Crippen LogP contribution in [-0.2, 0) is 4.74 Å². The molecule has 0 aliphatic carbocycles. The van der Waals surface area contributed by atoms with E-state index in [4.69, 9.17) is 10.5 Å². The highest BCUT2D eigenvalue weighted by atomic mass is 16.5. The molecule has 3 N–H and O–H groups in total. The Balaban J connectivity index is 1.73. The average molecular weight is 283 g/mol. The molecular weight excluding hydrogens is 262 g/mol. The zero-order valence-corrected chi connectivity index (χ0v) is 12.0. The third-order valence-electron chi connectivity index (χ3n) is 5.37. The maximum absolute atomic E-state index is 11.0. The minimum atomic E-state index is -0.553. The average Bonchev–Trinajstić information content (AvgIpc) is 3.15. The Kier molecular flexibility index (Phi) is 3.03. The molecule has 0 radical (unpaired) electrons. The highest BCUT2D eigenvalue weighted by molar-refractivity contribution is 5.83. The Hall–Kier alpha value is -1.42. The van der Waals surface area contributed by atoms with E-state index >= 15 is 0 Å². The van der Waals surface area contributed by atoms with Crippen LogP contribution in [0.25, 0.3) is 10.8 Å². The number of ether oxygens (including phenoxy) is 1. The maximum atomic E-state index is 11.0. The molecule has 0 spiro atoms. The summed E-state index contributed by atoms with van der Waals surface area (Å²) >= 11 is 0. The predicted octanol–water partition coefficient (Wildman–Crippen LogP) is 2.77. The predicted molar refractivity (Wildman–Crippen MR) is 82.9 cm³/mol. The van der Waals surface area contributed by atoms with Gasteiger partial charge in [-0.2, -0.15) is 0 Å². The zero-order chi connectivity index (χ0) is 14.4. The molecule has 110 valence electrons. The second kappa shape index (κ2) is 4.80. The Morgan fingerprint density at radius 2 is 2.00 bits per heavy atom. The van der Waals surface area contributed by atoms with E-state index in [0.717, 1.165) is 30.2 Å². The fourth-order valence-corrected chi connectivity index (χ4v) is 4.16. The molecule has 2 bridgehead atoms. The molecule has 2 heterocycles. The Morgan fingerprint density at radius 1 is 1.19 bits per heavy atom. The summed E-state index contributed by atoms with van der Waals surface area (Å²) in [6, 6.07) is 14.4. The Bertz CT molecular complexity index is 671. The highest BCUT2D eigenvalue weighted by Crippen LogP contribution is 2.53. The number of benzene rings is 2. The van der Waals surface area contributed by atoms with Gasteiger partial charge in [0.05, 0.1) is 18.3 Å². The normalized spacial score (nSPS) is 32.7. The minimum Gasteiger partial charge on any atom is -0.388 e. The molecule has 3 nitrogen and oxygen atoms in total. The largest absolute Gasteiger partial charge is 0.388 e. The highest BCUT2D eigenvalue weighted by Gasteiger charge is 2.55. The van der Waals surface area contributed by atoms with Crippen LogP contribution in [0.15, 0.2) is 42.5 Å². The van der Waals surface area contributed by atoms with Gasteiger partial charge in [-0.3, -0.25) is 0 Å². The van der Waals surface area contributed by atoms with E-state index in [1.165, 1.54) is 5.39 Å². The second-order valence-corrected chi connectivity index (χ2v) is 6.47. The van der Waals surface area contributed by atoms with Gasteiger partial charge in [0.25, 0.3) is 0 Å². The van der Waals surface area contributed by atoms with Gasteiger partial charge in [-0.15, -0.1) is 0 Å². The molecule has 0 aromatic heterocycles. The lowest BCUT2D eigenvalue weighted by molar-refractivity contribution is -0.0263. The van der Waals surface area contributed by atoms with E-state index in [-0.39, 0.29) is 17.6 Å². The third kappa shape index (κ3) is 1.92. The molecule has 2 aromatic rings. The van der Waals surface area contributed by atoms with Crippen LogP contribution in [0.5, 0.6) is 0 Å². The van der Waals surface area contributed by atoms with Crippen molar-refractivity contribution in [2.75, 3.05) is 6.54 Å². The van der Waals surface area contributed by atoms with Crippen molar-refractivity contribution >= 4 is 10.8 Å². The van der Waals surface area contributed by atoms with Gasteiger partial charge in [0.2, 0.25) is 0 Å². The van der Waals surface area contributed by atoms with E-state index in [2.05, 4.69) is 24.3 Å². The van der Waals surface area contributed by atoms with Crippen molar-refractivity contribution in [2.24, 2.45) is 11.1 Å². The molecule has 0 saturated carbocycles. The molecule has 4 rings (SSSR count). The van der Waals surface area contributed by atoms with Crippen LogP contribution < -0.4 is 5.73 Å². The van der Waals surface area contributed by atoms with Crippen molar-refractivity contribution in [1.82, 2.24) is 0 Å². The lowest BCUT2D eigenvalue weighted by atomic mass is 9.68. The van der Waals surface area contributed by atoms with Crippen molar-refractivity contribution in [3.05, 3.63) is 48.0 Å². The second-order valence-electron chi connectivity index (χ2n) is 6.47. The van der Waals surface area contributed by atoms with Crippen molar-refractivity contribution in [1.29, 1.82) is 0 Å². The lowest BCUT2D eigenvalue weighted by Crippen LogP contribution is -2.44. The summed E-state index contributed by atoms with van der Waals surface area (Å²) in [7, 11) is 0. The van der Waals surface area contributed by atoms with Gasteiger partial charge in [0.15, 0.2) is 0 Å². The van der Waals surface area contributed by atoms with Crippen LogP contribution in [-0.4, -0.2) is 23.9 Å². The van der Waals surface area contributed by atoms with Gasteiger partial charge in [0, 0.05) is 12.0 Å². The molecule has 2 aliphatic heterocycles. The summed E-state index contributed by atoms with van der Waals surface area (Å²) in [6.45, 7) is 0.474. The zero-order valence-electron chi connectivity index (χ0n) is 12.0. The van der Waals surface area contributed by atoms with Gasteiger partial charge >= 0.3 is 0 Å². The topological polar surface area (TPSA) is 55.5 Å². The molecule has 4 atom stereocenters. The lowest BCUT2D eigenvalue weighted by Gasteiger charge is -2.38. The van der Waals surface area contributed by atoms with Crippen LogP contribution >= 0.6 is 0 Å². The summed E-state index contributed by atoms with van der Waals surface area (Å²) in [5.74, 6) is 0. The summed E-state index contributed by atoms with van der Waals surface area (Å²) in [6.07, 6.45) is 2.84. The quantitative estimate of drug-likeness (QED) is 0.910.